The van der Waals surface area contributed by atoms with Crippen molar-refractivity contribution in [1.82, 2.24) is 0 Å². The Morgan fingerprint density at radius 3 is 1.61 bits per heavy atom. The predicted octanol–water partition coefficient (Wildman–Crippen LogP) is 6.25. The molecule has 0 amide bonds. The first-order chi connectivity index (χ1) is 11.3. The minimum Gasteiger partial charge on any atom is -0.457 e. The minimum atomic E-state index is 0.311. The Morgan fingerprint density at radius 2 is 1.09 bits per heavy atom. The predicted molar refractivity (Wildman–Crippen MR) is 95.5 cm³/mol. The summed E-state index contributed by atoms with van der Waals surface area (Å²) < 4.78 is 6.26. The summed E-state index contributed by atoms with van der Waals surface area (Å²) in [7, 11) is 0. The molecule has 0 atom stereocenters. The molecule has 1 heterocycles. The first kappa shape index (κ1) is 12.7. The molecule has 4 aromatic rings. The molecule has 0 saturated carbocycles. The molecule has 0 bridgehead atoms. The van der Waals surface area contributed by atoms with Crippen LogP contribution >= 0.6 is 0 Å². The van der Waals surface area contributed by atoms with E-state index in [2.05, 4.69) is 79.7 Å². The molecule has 110 valence electrons. The van der Waals surface area contributed by atoms with E-state index in [4.69, 9.17) is 4.74 Å². The lowest BCUT2D eigenvalue weighted by Crippen LogP contribution is -2.08. The van der Waals surface area contributed by atoms with Crippen LogP contribution in [0.1, 0.15) is 24.0 Å². The largest absolute Gasteiger partial charge is 0.457 e. The summed E-state index contributed by atoms with van der Waals surface area (Å²) in [5.41, 5.74) is 2.60. The van der Waals surface area contributed by atoms with E-state index in [0.29, 0.717) is 5.92 Å². The van der Waals surface area contributed by atoms with Gasteiger partial charge >= 0.3 is 0 Å². The molecule has 0 aromatic heterocycles. The van der Waals surface area contributed by atoms with E-state index in [1.807, 2.05) is 0 Å². The average molecular weight is 296 g/mol. The van der Waals surface area contributed by atoms with Crippen molar-refractivity contribution in [3.05, 3.63) is 83.9 Å². The van der Waals surface area contributed by atoms with Gasteiger partial charge in [-0.05, 0) is 33.7 Å². The highest BCUT2D eigenvalue weighted by molar-refractivity contribution is 5.93. The van der Waals surface area contributed by atoms with Crippen LogP contribution in [0.15, 0.2) is 72.8 Å². The quantitative estimate of drug-likeness (QED) is 0.372. The second-order valence-corrected chi connectivity index (χ2v) is 6.22. The lowest BCUT2D eigenvalue weighted by molar-refractivity contribution is 0.453. The first-order valence-electron chi connectivity index (χ1n) is 8.04. The van der Waals surface area contributed by atoms with Crippen LogP contribution in [0.3, 0.4) is 0 Å². The third kappa shape index (κ3) is 1.74. The van der Waals surface area contributed by atoms with Gasteiger partial charge in [-0.3, -0.25) is 0 Å². The summed E-state index contributed by atoms with van der Waals surface area (Å²) in [5, 5.41) is 5.11. The van der Waals surface area contributed by atoms with E-state index in [0.717, 1.165) is 11.5 Å². The molecule has 4 aromatic carbocycles. The average Bonchev–Trinajstić information content (AvgIpc) is 2.61. The SMILES string of the molecule is CC1c2c(ccc3ccccc23)Oc2ccc3ccccc3c21. The highest BCUT2D eigenvalue weighted by Crippen LogP contribution is 2.49. The number of benzene rings is 4. The van der Waals surface area contributed by atoms with Gasteiger partial charge in [-0.2, -0.15) is 0 Å². The molecule has 1 heteroatoms. The third-order valence-electron chi connectivity index (χ3n) is 4.95. The maximum atomic E-state index is 6.26. The van der Waals surface area contributed by atoms with Gasteiger partial charge in [0.1, 0.15) is 11.5 Å². The normalized spacial score (nSPS) is 13.6. The van der Waals surface area contributed by atoms with Gasteiger partial charge < -0.3 is 4.74 Å². The van der Waals surface area contributed by atoms with Crippen molar-refractivity contribution in [2.24, 2.45) is 0 Å². The van der Waals surface area contributed by atoms with Crippen molar-refractivity contribution in [3.63, 3.8) is 0 Å². The van der Waals surface area contributed by atoms with Crippen molar-refractivity contribution in [2.75, 3.05) is 0 Å². The monoisotopic (exact) mass is 296 g/mol. The maximum Gasteiger partial charge on any atom is 0.131 e. The Labute approximate surface area is 135 Å². The van der Waals surface area contributed by atoms with Crippen LogP contribution in [0.25, 0.3) is 21.5 Å². The van der Waals surface area contributed by atoms with E-state index >= 15 is 0 Å². The minimum absolute atomic E-state index is 0.311. The molecule has 0 aliphatic carbocycles. The fourth-order valence-corrected chi connectivity index (χ4v) is 3.89. The van der Waals surface area contributed by atoms with Crippen LogP contribution in [-0.4, -0.2) is 0 Å². The highest BCUT2D eigenvalue weighted by atomic mass is 16.5. The number of hydrogen-bond acceptors (Lipinski definition) is 1. The molecule has 0 spiro atoms. The van der Waals surface area contributed by atoms with Gasteiger partial charge in [-0.1, -0.05) is 67.6 Å². The second kappa shape index (κ2) is 4.60. The first-order valence-corrected chi connectivity index (χ1v) is 8.04. The van der Waals surface area contributed by atoms with Crippen LogP contribution in [0.2, 0.25) is 0 Å². The molecule has 5 rings (SSSR count). The molecule has 1 aliphatic heterocycles. The molecule has 0 radical (unpaired) electrons. The van der Waals surface area contributed by atoms with Gasteiger partial charge in [-0.25, -0.2) is 0 Å². The van der Waals surface area contributed by atoms with E-state index < -0.39 is 0 Å². The third-order valence-corrected chi connectivity index (χ3v) is 4.95. The van der Waals surface area contributed by atoms with Crippen molar-refractivity contribution in [1.29, 1.82) is 0 Å². The van der Waals surface area contributed by atoms with Crippen molar-refractivity contribution in [2.45, 2.75) is 12.8 Å². The summed E-state index contributed by atoms with van der Waals surface area (Å²) in [6.07, 6.45) is 0. The van der Waals surface area contributed by atoms with Crippen LogP contribution in [0, 0.1) is 0 Å². The number of fused-ring (bicyclic) bond motifs is 6. The number of rotatable bonds is 0. The summed E-state index contributed by atoms with van der Waals surface area (Å²) in [5.74, 6) is 2.28. The zero-order valence-electron chi connectivity index (χ0n) is 12.9. The Balaban J connectivity index is 1.86. The van der Waals surface area contributed by atoms with Crippen LogP contribution in [0.4, 0.5) is 0 Å². The van der Waals surface area contributed by atoms with Gasteiger partial charge in [0.15, 0.2) is 0 Å². The lowest BCUT2D eigenvalue weighted by Gasteiger charge is -2.28. The Hall–Kier alpha value is -2.80. The Kier molecular flexibility index (Phi) is 2.54. The van der Waals surface area contributed by atoms with E-state index in [1.54, 1.807) is 0 Å². The molecule has 0 unspecified atom stereocenters. The second-order valence-electron chi connectivity index (χ2n) is 6.22. The summed E-state index contributed by atoms with van der Waals surface area (Å²) in [6.45, 7) is 2.29. The van der Waals surface area contributed by atoms with Crippen molar-refractivity contribution in [3.8, 4) is 11.5 Å². The molecule has 0 N–H and O–H groups in total. The van der Waals surface area contributed by atoms with Gasteiger partial charge in [0.2, 0.25) is 0 Å². The fourth-order valence-electron chi connectivity index (χ4n) is 3.89. The van der Waals surface area contributed by atoms with E-state index in [1.165, 1.54) is 32.7 Å². The van der Waals surface area contributed by atoms with E-state index in [9.17, 15) is 0 Å². The molecule has 0 saturated heterocycles. The molecule has 0 fully saturated rings. The fraction of sp³-hybridized carbons (Fsp3) is 0.0909. The molecule has 23 heavy (non-hydrogen) atoms. The Bertz CT molecular complexity index is 977. The summed E-state index contributed by atoms with van der Waals surface area (Å²) in [6, 6.07) is 25.6. The smallest absolute Gasteiger partial charge is 0.131 e. The Morgan fingerprint density at radius 1 is 0.609 bits per heavy atom. The van der Waals surface area contributed by atoms with Crippen molar-refractivity contribution >= 4 is 21.5 Å². The number of ether oxygens (including phenoxy) is 1. The van der Waals surface area contributed by atoms with Gasteiger partial charge in [0, 0.05) is 17.0 Å². The van der Waals surface area contributed by atoms with Crippen molar-refractivity contribution < 1.29 is 4.74 Å². The maximum absolute atomic E-state index is 6.26. The zero-order valence-corrected chi connectivity index (χ0v) is 12.9. The molecule has 1 aliphatic rings. The van der Waals surface area contributed by atoms with Gasteiger partial charge in [0.05, 0.1) is 0 Å². The summed E-state index contributed by atoms with van der Waals surface area (Å²) in [4.78, 5) is 0. The van der Waals surface area contributed by atoms with E-state index in [-0.39, 0.29) is 0 Å². The highest BCUT2D eigenvalue weighted by Gasteiger charge is 2.27. The molecular formula is C22H16O. The number of hydrogen-bond donors (Lipinski definition) is 0. The lowest BCUT2D eigenvalue weighted by atomic mass is 9.84. The van der Waals surface area contributed by atoms with Gasteiger partial charge in [-0.15, -0.1) is 0 Å². The molecule has 1 nitrogen and oxygen atoms in total. The van der Waals surface area contributed by atoms with Gasteiger partial charge in [0.25, 0.3) is 0 Å². The molecular weight excluding hydrogens is 280 g/mol. The topological polar surface area (TPSA) is 9.23 Å². The van der Waals surface area contributed by atoms with Crippen LogP contribution in [0.5, 0.6) is 11.5 Å². The zero-order chi connectivity index (χ0) is 15.4. The standard InChI is InChI=1S/C22H16O/c1-14-21-17-8-4-2-6-15(17)10-12-19(21)23-20-13-11-16-7-3-5-9-18(16)22(14)20/h2-14H,1H3. The van der Waals surface area contributed by atoms with Crippen LogP contribution < -0.4 is 4.74 Å². The summed E-state index contributed by atoms with van der Waals surface area (Å²) >= 11 is 0. The van der Waals surface area contributed by atoms with Crippen LogP contribution in [-0.2, 0) is 0 Å².